The van der Waals surface area contributed by atoms with Crippen LogP contribution in [0.5, 0.6) is 5.75 Å². The highest BCUT2D eigenvalue weighted by Crippen LogP contribution is 2.24. The second kappa shape index (κ2) is 6.66. The molecule has 23 heavy (non-hydrogen) atoms. The van der Waals surface area contributed by atoms with Crippen molar-refractivity contribution in [3.05, 3.63) is 35.8 Å². The molecule has 2 aromatic rings. The van der Waals surface area contributed by atoms with Gasteiger partial charge in [-0.2, -0.15) is 0 Å². The van der Waals surface area contributed by atoms with E-state index in [1.807, 2.05) is 12.1 Å². The maximum atomic E-state index is 12.2. The van der Waals surface area contributed by atoms with Crippen molar-refractivity contribution in [2.24, 2.45) is 0 Å². The molecule has 3 rings (SSSR count). The number of rotatable bonds is 4. The summed E-state index contributed by atoms with van der Waals surface area (Å²) in [5, 5.41) is 7.75. The van der Waals surface area contributed by atoms with E-state index in [1.54, 1.807) is 35.7 Å². The first-order valence-electron chi connectivity index (χ1n) is 7.07. The van der Waals surface area contributed by atoms with Gasteiger partial charge in [-0.25, -0.2) is 9.78 Å². The summed E-state index contributed by atoms with van der Waals surface area (Å²) in [6.07, 6.45) is 1.89. The largest absolute Gasteiger partial charge is 0.497 e. The quantitative estimate of drug-likeness (QED) is 0.898. The fourth-order valence-electron chi connectivity index (χ4n) is 2.42. The van der Waals surface area contributed by atoms with Gasteiger partial charge in [-0.1, -0.05) is 0 Å². The number of carbonyl (C=O) groups is 2. The maximum Gasteiger partial charge on any atom is 0.321 e. The third kappa shape index (κ3) is 3.59. The molecule has 3 amide bonds. The molecule has 1 aromatic heterocycles. The van der Waals surface area contributed by atoms with Crippen LogP contribution in [-0.2, 0) is 4.79 Å². The Labute approximate surface area is 137 Å². The monoisotopic (exact) mass is 332 g/mol. The summed E-state index contributed by atoms with van der Waals surface area (Å²) in [6.45, 7) is 0.441. The molecule has 1 aliphatic heterocycles. The van der Waals surface area contributed by atoms with Gasteiger partial charge < -0.3 is 15.0 Å². The molecule has 1 fully saturated rings. The highest BCUT2D eigenvalue weighted by molar-refractivity contribution is 7.13. The lowest BCUT2D eigenvalue weighted by Gasteiger charge is -2.17. The number of aromatic nitrogens is 1. The normalized spacial score (nSPS) is 17.2. The van der Waals surface area contributed by atoms with Gasteiger partial charge in [0.25, 0.3) is 0 Å². The molecule has 0 aliphatic carbocycles. The molecule has 2 heterocycles. The predicted octanol–water partition coefficient (Wildman–Crippen LogP) is 2.08. The van der Waals surface area contributed by atoms with E-state index < -0.39 is 0 Å². The third-order valence-corrected chi connectivity index (χ3v) is 4.19. The molecule has 2 N–H and O–H groups in total. The smallest absolute Gasteiger partial charge is 0.321 e. The Morgan fingerprint density at radius 1 is 1.39 bits per heavy atom. The van der Waals surface area contributed by atoms with Crippen LogP contribution < -0.4 is 20.3 Å². The first kappa shape index (κ1) is 15.3. The molecule has 1 aromatic carbocycles. The molecular weight excluding hydrogens is 316 g/mol. The summed E-state index contributed by atoms with van der Waals surface area (Å²) in [5.41, 5.74) is 0.792. The number of nitrogens with zero attached hydrogens (tertiary/aromatic N) is 2. The average Bonchev–Trinajstić information content (AvgIpc) is 3.17. The number of urea groups is 1. The number of anilines is 2. The van der Waals surface area contributed by atoms with Crippen molar-refractivity contribution in [3.63, 3.8) is 0 Å². The number of amides is 3. The molecule has 1 aliphatic rings. The van der Waals surface area contributed by atoms with Crippen LogP contribution in [0.3, 0.4) is 0 Å². The van der Waals surface area contributed by atoms with E-state index in [9.17, 15) is 9.59 Å². The zero-order chi connectivity index (χ0) is 16.2. The molecule has 0 saturated carbocycles. The van der Waals surface area contributed by atoms with Gasteiger partial charge in [0.2, 0.25) is 5.91 Å². The van der Waals surface area contributed by atoms with Gasteiger partial charge in [-0.05, 0) is 24.3 Å². The van der Waals surface area contributed by atoms with Crippen molar-refractivity contribution in [2.75, 3.05) is 23.9 Å². The minimum Gasteiger partial charge on any atom is -0.497 e. The van der Waals surface area contributed by atoms with Crippen LogP contribution in [0.1, 0.15) is 6.42 Å². The number of nitrogens with one attached hydrogen (secondary N) is 2. The van der Waals surface area contributed by atoms with E-state index in [0.717, 1.165) is 11.4 Å². The number of ether oxygens (including phenoxy) is 1. The Balaban J connectivity index is 1.59. The maximum absolute atomic E-state index is 12.2. The summed E-state index contributed by atoms with van der Waals surface area (Å²) in [6, 6.07) is 6.68. The number of methoxy groups -OCH3 is 1. The summed E-state index contributed by atoms with van der Waals surface area (Å²) >= 11 is 1.34. The predicted molar refractivity (Wildman–Crippen MR) is 88.0 cm³/mol. The second-order valence-corrected chi connectivity index (χ2v) is 5.93. The number of benzene rings is 1. The summed E-state index contributed by atoms with van der Waals surface area (Å²) < 4.78 is 5.11. The van der Waals surface area contributed by atoms with Crippen LogP contribution in [0.15, 0.2) is 35.8 Å². The number of thiazole rings is 1. The van der Waals surface area contributed by atoms with Crippen LogP contribution in [-0.4, -0.2) is 36.6 Å². The number of hydrogen-bond acceptors (Lipinski definition) is 5. The molecule has 1 saturated heterocycles. The van der Waals surface area contributed by atoms with Crippen LogP contribution in [0.2, 0.25) is 0 Å². The van der Waals surface area contributed by atoms with Gasteiger partial charge in [0.1, 0.15) is 5.75 Å². The summed E-state index contributed by atoms with van der Waals surface area (Å²) in [7, 11) is 1.59. The van der Waals surface area contributed by atoms with E-state index in [0.29, 0.717) is 11.7 Å². The fourth-order valence-corrected chi connectivity index (χ4v) is 2.94. The molecule has 0 bridgehead atoms. The van der Waals surface area contributed by atoms with Gasteiger partial charge in [0, 0.05) is 30.2 Å². The minimum absolute atomic E-state index is 0.0188. The van der Waals surface area contributed by atoms with Crippen LogP contribution in [0, 0.1) is 0 Å². The van der Waals surface area contributed by atoms with Crippen LogP contribution >= 0.6 is 11.3 Å². The van der Waals surface area contributed by atoms with Crippen molar-refractivity contribution >= 4 is 34.1 Å². The van der Waals surface area contributed by atoms with Crippen molar-refractivity contribution in [2.45, 2.75) is 12.5 Å². The molecule has 0 unspecified atom stereocenters. The average molecular weight is 332 g/mol. The van der Waals surface area contributed by atoms with E-state index in [4.69, 9.17) is 4.74 Å². The van der Waals surface area contributed by atoms with Crippen molar-refractivity contribution in [1.29, 1.82) is 0 Å². The Morgan fingerprint density at radius 3 is 2.83 bits per heavy atom. The Morgan fingerprint density at radius 2 is 2.17 bits per heavy atom. The molecule has 1 atom stereocenters. The van der Waals surface area contributed by atoms with Gasteiger partial charge in [-0.15, -0.1) is 11.3 Å². The lowest BCUT2D eigenvalue weighted by molar-refractivity contribution is -0.117. The highest BCUT2D eigenvalue weighted by Gasteiger charge is 2.31. The molecule has 7 nitrogen and oxygen atoms in total. The summed E-state index contributed by atoms with van der Waals surface area (Å²) in [5.74, 6) is 0.715. The third-order valence-electron chi connectivity index (χ3n) is 3.50. The van der Waals surface area contributed by atoms with Crippen molar-refractivity contribution in [1.82, 2.24) is 10.3 Å². The molecule has 0 radical (unpaired) electrons. The lowest BCUT2D eigenvalue weighted by Crippen LogP contribution is -2.39. The van der Waals surface area contributed by atoms with Gasteiger partial charge in [-0.3, -0.25) is 10.1 Å². The molecule has 8 heteroatoms. The van der Waals surface area contributed by atoms with Crippen LogP contribution in [0.25, 0.3) is 0 Å². The SMILES string of the molecule is COc1ccc(N2C[C@@H](NC(=O)Nc3nccs3)CC2=O)cc1. The summed E-state index contributed by atoms with van der Waals surface area (Å²) in [4.78, 5) is 29.7. The zero-order valence-electron chi connectivity index (χ0n) is 12.5. The molecule has 120 valence electrons. The van der Waals surface area contributed by atoms with Gasteiger partial charge >= 0.3 is 6.03 Å². The lowest BCUT2D eigenvalue weighted by atomic mass is 10.2. The Bertz CT molecular complexity index is 687. The number of carbonyl (C=O) groups excluding carboxylic acids is 2. The van der Waals surface area contributed by atoms with E-state index in [2.05, 4.69) is 15.6 Å². The minimum atomic E-state index is -0.352. The topological polar surface area (TPSA) is 83.6 Å². The van der Waals surface area contributed by atoms with E-state index in [-0.39, 0.29) is 24.4 Å². The Kier molecular flexibility index (Phi) is 4.42. The number of hydrogen-bond donors (Lipinski definition) is 2. The van der Waals surface area contributed by atoms with E-state index in [1.165, 1.54) is 11.3 Å². The second-order valence-electron chi connectivity index (χ2n) is 5.04. The van der Waals surface area contributed by atoms with Gasteiger partial charge in [0.05, 0.1) is 13.2 Å². The highest BCUT2D eigenvalue weighted by atomic mass is 32.1. The zero-order valence-corrected chi connectivity index (χ0v) is 13.3. The van der Waals surface area contributed by atoms with E-state index >= 15 is 0 Å². The van der Waals surface area contributed by atoms with Crippen molar-refractivity contribution < 1.29 is 14.3 Å². The molecular formula is C15H16N4O3S. The van der Waals surface area contributed by atoms with Crippen molar-refractivity contribution in [3.8, 4) is 5.75 Å². The fraction of sp³-hybridized carbons (Fsp3) is 0.267. The first-order chi connectivity index (χ1) is 11.2. The first-order valence-corrected chi connectivity index (χ1v) is 7.95. The standard InChI is InChI=1S/C15H16N4O3S/c1-22-12-4-2-11(3-5-12)19-9-10(8-13(19)20)17-14(21)18-15-16-6-7-23-15/h2-7,10H,8-9H2,1H3,(H2,16,17,18,21)/t10-/m0/s1. The Hall–Kier alpha value is -2.61. The molecule has 0 spiro atoms. The van der Waals surface area contributed by atoms with Crippen LogP contribution in [0.4, 0.5) is 15.6 Å². The van der Waals surface area contributed by atoms with Gasteiger partial charge in [0.15, 0.2) is 5.13 Å².